The minimum absolute atomic E-state index is 0.337. The highest BCUT2D eigenvalue weighted by Crippen LogP contribution is 2.39. The molecule has 5 rings (SSSR count). The van der Waals surface area contributed by atoms with Crippen LogP contribution in [0.4, 0.5) is 4.39 Å². The summed E-state index contributed by atoms with van der Waals surface area (Å²) < 4.78 is 24.3. The summed E-state index contributed by atoms with van der Waals surface area (Å²) in [5.74, 6) is 0.243. The van der Waals surface area contributed by atoms with Gasteiger partial charge in [-0.2, -0.15) is 10.2 Å². The molecule has 0 saturated carbocycles. The van der Waals surface area contributed by atoms with Crippen molar-refractivity contribution in [1.29, 1.82) is 0 Å². The van der Waals surface area contributed by atoms with Crippen LogP contribution in [0.1, 0.15) is 6.92 Å². The van der Waals surface area contributed by atoms with E-state index in [1.165, 1.54) is 6.07 Å². The number of nitrogens with zero attached hydrogens (tertiary/aromatic N) is 6. The van der Waals surface area contributed by atoms with Crippen molar-refractivity contribution < 1.29 is 9.13 Å². The van der Waals surface area contributed by atoms with Crippen LogP contribution in [-0.2, 0) is 13.6 Å². The Kier molecular flexibility index (Phi) is 4.20. The number of imidazole rings is 1. The molecule has 8 heteroatoms. The zero-order chi connectivity index (χ0) is 20.8. The van der Waals surface area contributed by atoms with Gasteiger partial charge >= 0.3 is 0 Å². The van der Waals surface area contributed by atoms with Crippen molar-refractivity contribution in [3.05, 3.63) is 54.9 Å². The maximum absolute atomic E-state index is 15.0. The monoisotopic (exact) mass is 402 g/mol. The molecule has 0 radical (unpaired) electrons. The zero-order valence-electron chi connectivity index (χ0n) is 16.8. The van der Waals surface area contributed by atoms with Crippen molar-refractivity contribution in [2.75, 3.05) is 7.11 Å². The van der Waals surface area contributed by atoms with E-state index in [1.54, 1.807) is 42.6 Å². The normalized spacial score (nSPS) is 11.5. The molecule has 0 spiro atoms. The third-order valence-corrected chi connectivity index (χ3v) is 5.37. The molecule has 0 bridgehead atoms. The van der Waals surface area contributed by atoms with E-state index in [-0.39, 0.29) is 5.82 Å². The standard InChI is InChI=1S/C22H19FN6O/c1-4-29-12-24-19-17(11-25-27-22(19)29)13-6-8-18(23)16(9-13)15-7-5-14-10-26-28(2)20(14)21(15)30-3/h5-12H,4H2,1-3H3. The molecule has 30 heavy (non-hydrogen) atoms. The Bertz CT molecular complexity index is 1400. The predicted octanol–water partition coefficient (Wildman–Crippen LogP) is 4.21. The summed E-state index contributed by atoms with van der Waals surface area (Å²) in [5, 5.41) is 13.6. The van der Waals surface area contributed by atoms with E-state index in [1.807, 2.05) is 30.7 Å². The van der Waals surface area contributed by atoms with Crippen LogP contribution in [0.2, 0.25) is 0 Å². The van der Waals surface area contributed by atoms with E-state index in [0.717, 1.165) is 34.1 Å². The van der Waals surface area contributed by atoms with Gasteiger partial charge in [-0.3, -0.25) is 4.68 Å². The first-order valence-electron chi connectivity index (χ1n) is 9.58. The number of benzene rings is 2. The van der Waals surface area contributed by atoms with Crippen molar-refractivity contribution in [2.24, 2.45) is 7.05 Å². The van der Waals surface area contributed by atoms with Gasteiger partial charge in [0.15, 0.2) is 11.4 Å². The molecule has 3 aromatic heterocycles. The molecule has 2 aromatic carbocycles. The number of rotatable bonds is 4. The first-order chi connectivity index (χ1) is 14.6. The highest BCUT2D eigenvalue weighted by Gasteiger charge is 2.18. The smallest absolute Gasteiger partial charge is 0.183 e. The first-order valence-corrected chi connectivity index (χ1v) is 9.58. The second kappa shape index (κ2) is 6.91. The maximum atomic E-state index is 15.0. The first kappa shape index (κ1) is 18.2. The topological polar surface area (TPSA) is 70.7 Å². The largest absolute Gasteiger partial charge is 0.494 e. The number of hydrogen-bond donors (Lipinski definition) is 0. The highest BCUT2D eigenvalue weighted by atomic mass is 19.1. The van der Waals surface area contributed by atoms with Crippen LogP contribution in [0, 0.1) is 5.82 Å². The second-order valence-electron chi connectivity index (χ2n) is 7.01. The summed E-state index contributed by atoms with van der Waals surface area (Å²) in [7, 11) is 3.42. The molecule has 0 atom stereocenters. The van der Waals surface area contributed by atoms with E-state index in [9.17, 15) is 4.39 Å². The molecule has 3 heterocycles. The third kappa shape index (κ3) is 2.64. The summed E-state index contributed by atoms with van der Waals surface area (Å²) in [5.41, 5.74) is 4.95. The lowest BCUT2D eigenvalue weighted by Gasteiger charge is -2.13. The number of aromatic nitrogens is 6. The molecular weight excluding hydrogens is 383 g/mol. The fourth-order valence-corrected chi connectivity index (χ4v) is 3.86. The van der Waals surface area contributed by atoms with Crippen LogP contribution < -0.4 is 4.74 Å². The Labute approximate surface area is 171 Å². The summed E-state index contributed by atoms with van der Waals surface area (Å²) in [6.45, 7) is 2.76. The average molecular weight is 402 g/mol. The molecule has 150 valence electrons. The molecule has 0 saturated heterocycles. The summed E-state index contributed by atoms with van der Waals surface area (Å²) in [6, 6.07) is 8.77. The lowest BCUT2D eigenvalue weighted by molar-refractivity contribution is 0.418. The van der Waals surface area contributed by atoms with Gasteiger partial charge in [-0.05, 0) is 30.7 Å². The Morgan fingerprint density at radius 1 is 1.07 bits per heavy atom. The lowest BCUT2D eigenvalue weighted by Crippen LogP contribution is -1.97. The Morgan fingerprint density at radius 2 is 1.93 bits per heavy atom. The van der Waals surface area contributed by atoms with E-state index < -0.39 is 0 Å². The fourth-order valence-electron chi connectivity index (χ4n) is 3.86. The summed E-state index contributed by atoms with van der Waals surface area (Å²) in [4.78, 5) is 4.50. The predicted molar refractivity (Wildman–Crippen MR) is 113 cm³/mol. The van der Waals surface area contributed by atoms with Gasteiger partial charge in [-0.25, -0.2) is 9.37 Å². The number of halogens is 1. The summed E-state index contributed by atoms with van der Waals surface area (Å²) in [6.07, 6.45) is 5.17. The molecule has 5 aromatic rings. The molecule has 0 N–H and O–H groups in total. The van der Waals surface area contributed by atoms with Crippen molar-refractivity contribution in [3.8, 4) is 28.0 Å². The van der Waals surface area contributed by atoms with Crippen molar-refractivity contribution in [2.45, 2.75) is 13.5 Å². The fraction of sp³-hybridized carbons (Fsp3) is 0.182. The van der Waals surface area contributed by atoms with E-state index in [2.05, 4.69) is 20.3 Å². The molecule has 0 unspecified atom stereocenters. The highest BCUT2D eigenvalue weighted by molar-refractivity contribution is 5.94. The van der Waals surface area contributed by atoms with Crippen molar-refractivity contribution in [3.63, 3.8) is 0 Å². The van der Waals surface area contributed by atoms with E-state index >= 15 is 0 Å². The minimum Gasteiger partial charge on any atom is -0.494 e. The quantitative estimate of drug-likeness (QED) is 0.450. The molecule has 0 aliphatic heterocycles. The zero-order valence-corrected chi connectivity index (χ0v) is 16.8. The number of hydrogen-bond acceptors (Lipinski definition) is 5. The van der Waals surface area contributed by atoms with Gasteiger partial charge in [0.25, 0.3) is 0 Å². The molecule has 0 aliphatic carbocycles. The Hall–Kier alpha value is -3.81. The van der Waals surface area contributed by atoms with Crippen LogP contribution in [0.15, 0.2) is 49.1 Å². The van der Waals surface area contributed by atoms with Crippen LogP contribution >= 0.6 is 0 Å². The van der Waals surface area contributed by atoms with Crippen LogP contribution in [-0.4, -0.2) is 36.6 Å². The van der Waals surface area contributed by atoms with Gasteiger partial charge in [0, 0.05) is 35.7 Å². The lowest BCUT2D eigenvalue weighted by atomic mass is 9.97. The SMILES string of the molecule is CCn1cnc2c(-c3ccc(F)c(-c4ccc5cnn(C)c5c4OC)c3)cnnc21. The second-order valence-corrected chi connectivity index (χ2v) is 7.01. The van der Waals surface area contributed by atoms with Gasteiger partial charge in [-0.1, -0.05) is 12.1 Å². The van der Waals surface area contributed by atoms with Gasteiger partial charge < -0.3 is 9.30 Å². The van der Waals surface area contributed by atoms with E-state index in [0.29, 0.717) is 22.5 Å². The molecule has 0 aliphatic rings. The van der Waals surface area contributed by atoms with Gasteiger partial charge in [0.1, 0.15) is 16.9 Å². The molecular formula is C22H19FN6O. The van der Waals surface area contributed by atoms with Gasteiger partial charge in [-0.15, -0.1) is 5.10 Å². The van der Waals surface area contributed by atoms with E-state index in [4.69, 9.17) is 4.74 Å². The van der Waals surface area contributed by atoms with Gasteiger partial charge in [0.05, 0.1) is 25.8 Å². The van der Waals surface area contributed by atoms with Crippen LogP contribution in [0.25, 0.3) is 44.3 Å². The number of methoxy groups -OCH3 is 1. The number of aryl methyl sites for hydroxylation is 2. The summed E-state index contributed by atoms with van der Waals surface area (Å²) >= 11 is 0. The molecule has 7 nitrogen and oxygen atoms in total. The number of ether oxygens (including phenoxy) is 1. The van der Waals surface area contributed by atoms with Crippen LogP contribution in [0.5, 0.6) is 5.75 Å². The minimum atomic E-state index is -0.337. The Morgan fingerprint density at radius 3 is 2.73 bits per heavy atom. The maximum Gasteiger partial charge on any atom is 0.183 e. The molecule has 0 fully saturated rings. The van der Waals surface area contributed by atoms with Crippen molar-refractivity contribution in [1.82, 2.24) is 29.5 Å². The Balaban J connectivity index is 1.74. The molecule has 0 amide bonds. The van der Waals surface area contributed by atoms with Crippen molar-refractivity contribution >= 4 is 22.1 Å². The van der Waals surface area contributed by atoms with Gasteiger partial charge in [0.2, 0.25) is 0 Å². The number of fused-ring (bicyclic) bond motifs is 2. The van der Waals surface area contributed by atoms with Crippen LogP contribution in [0.3, 0.4) is 0 Å². The third-order valence-electron chi connectivity index (χ3n) is 5.37. The average Bonchev–Trinajstić information content (AvgIpc) is 3.37.